The van der Waals surface area contributed by atoms with Gasteiger partial charge in [0.15, 0.2) is 11.5 Å². The van der Waals surface area contributed by atoms with Crippen LogP contribution in [0.3, 0.4) is 0 Å². The van der Waals surface area contributed by atoms with Gasteiger partial charge in [0.05, 0.1) is 31.1 Å². The number of nitrogens with zero attached hydrogens (tertiary/aromatic N) is 1. The van der Waals surface area contributed by atoms with Crippen LogP contribution in [0, 0.1) is 0 Å². The standard InChI is InChI=1S/C24H20BrClN2O5/c1-3-32-20-11-7-17(25)13-19(20)23(29)28-27-14-15-4-10-21(22(12-15)31-2)33-24(30)16-5-8-18(26)9-6-16/h4-14H,3H2,1-2H3,(H,28,29). The highest BCUT2D eigenvalue weighted by molar-refractivity contribution is 9.10. The molecule has 0 aliphatic rings. The molecule has 0 bridgehead atoms. The molecule has 0 aromatic heterocycles. The number of amides is 1. The predicted octanol–water partition coefficient (Wildman–Crippen LogP) is 5.49. The average Bonchev–Trinajstić information content (AvgIpc) is 2.81. The second-order valence-corrected chi connectivity index (χ2v) is 7.93. The van der Waals surface area contributed by atoms with Crippen molar-refractivity contribution in [1.29, 1.82) is 0 Å². The van der Waals surface area contributed by atoms with E-state index in [1.807, 2.05) is 6.92 Å². The Bertz CT molecular complexity index is 1180. The van der Waals surface area contributed by atoms with E-state index in [0.29, 0.717) is 39.8 Å². The number of nitrogens with one attached hydrogen (secondary N) is 1. The molecule has 0 unspecified atom stereocenters. The largest absolute Gasteiger partial charge is 0.493 e. The van der Waals surface area contributed by atoms with Crippen LogP contribution < -0.4 is 19.6 Å². The molecule has 1 N–H and O–H groups in total. The van der Waals surface area contributed by atoms with Crippen LogP contribution in [0.4, 0.5) is 0 Å². The number of halogens is 2. The number of carbonyl (C=O) groups excluding carboxylic acids is 2. The van der Waals surface area contributed by atoms with Gasteiger partial charge in [-0.05, 0) is 73.2 Å². The van der Waals surface area contributed by atoms with E-state index in [9.17, 15) is 9.59 Å². The fourth-order valence-corrected chi connectivity index (χ4v) is 3.27. The molecule has 0 fully saturated rings. The number of hydrogen-bond donors (Lipinski definition) is 1. The van der Waals surface area contributed by atoms with Crippen LogP contribution in [0.2, 0.25) is 5.02 Å². The van der Waals surface area contributed by atoms with Crippen molar-refractivity contribution < 1.29 is 23.8 Å². The first-order chi connectivity index (χ1) is 15.9. The molecule has 0 aliphatic carbocycles. The number of esters is 1. The van der Waals surface area contributed by atoms with Crippen molar-refractivity contribution in [2.24, 2.45) is 5.10 Å². The molecule has 0 heterocycles. The minimum absolute atomic E-state index is 0.245. The van der Waals surface area contributed by atoms with Crippen molar-refractivity contribution in [1.82, 2.24) is 5.43 Å². The number of methoxy groups -OCH3 is 1. The quantitative estimate of drug-likeness (QED) is 0.180. The van der Waals surface area contributed by atoms with Crippen molar-refractivity contribution >= 4 is 45.6 Å². The molecule has 0 atom stereocenters. The maximum absolute atomic E-state index is 12.5. The fourth-order valence-electron chi connectivity index (χ4n) is 2.78. The van der Waals surface area contributed by atoms with Crippen LogP contribution in [-0.2, 0) is 0 Å². The third-order valence-corrected chi connectivity index (χ3v) is 5.08. The molecule has 0 aliphatic heterocycles. The van der Waals surface area contributed by atoms with Crippen molar-refractivity contribution in [3.05, 3.63) is 86.8 Å². The maximum Gasteiger partial charge on any atom is 0.343 e. The Kier molecular flexibility index (Phi) is 8.46. The Morgan fingerprint density at radius 2 is 1.76 bits per heavy atom. The lowest BCUT2D eigenvalue weighted by Gasteiger charge is -2.10. The molecular weight excluding hydrogens is 512 g/mol. The molecular formula is C24H20BrClN2O5. The second kappa shape index (κ2) is 11.5. The number of hydrazone groups is 1. The van der Waals surface area contributed by atoms with Gasteiger partial charge in [0.25, 0.3) is 5.91 Å². The molecule has 1 amide bonds. The molecule has 0 saturated carbocycles. The summed E-state index contributed by atoms with van der Waals surface area (Å²) in [4.78, 5) is 24.9. The van der Waals surface area contributed by atoms with Crippen molar-refractivity contribution in [2.45, 2.75) is 6.92 Å². The van der Waals surface area contributed by atoms with Crippen LogP contribution in [0.1, 0.15) is 33.2 Å². The highest BCUT2D eigenvalue weighted by Crippen LogP contribution is 2.28. The summed E-state index contributed by atoms with van der Waals surface area (Å²) in [6.45, 7) is 2.27. The first-order valence-corrected chi connectivity index (χ1v) is 11.0. The minimum Gasteiger partial charge on any atom is -0.493 e. The Morgan fingerprint density at radius 1 is 1.03 bits per heavy atom. The summed E-state index contributed by atoms with van der Waals surface area (Å²) >= 11 is 9.20. The summed E-state index contributed by atoms with van der Waals surface area (Å²) in [6, 6.07) is 16.4. The molecule has 0 saturated heterocycles. The van der Waals surface area contributed by atoms with E-state index in [0.717, 1.165) is 4.47 Å². The highest BCUT2D eigenvalue weighted by Gasteiger charge is 2.14. The van der Waals surface area contributed by atoms with E-state index >= 15 is 0 Å². The molecule has 33 heavy (non-hydrogen) atoms. The highest BCUT2D eigenvalue weighted by atomic mass is 79.9. The normalized spacial score (nSPS) is 10.7. The molecule has 0 radical (unpaired) electrons. The number of hydrogen-bond acceptors (Lipinski definition) is 6. The lowest BCUT2D eigenvalue weighted by atomic mass is 10.2. The van der Waals surface area contributed by atoms with Gasteiger partial charge in [-0.3, -0.25) is 4.79 Å². The molecule has 9 heteroatoms. The Hall–Kier alpha value is -3.36. The van der Waals surface area contributed by atoms with Gasteiger partial charge < -0.3 is 14.2 Å². The van der Waals surface area contributed by atoms with Crippen molar-refractivity contribution in [3.8, 4) is 17.2 Å². The zero-order valence-electron chi connectivity index (χ0n) is 17.8. The van der Waals surface area contributed by atoms with E-state index in [2.05, 4.69) is 26.5 Å². The van der Waals surface area contributed by atoms with Gasteiger partial charge in [-0.2, -0.15) is 5.10 Å². The van der Waals surface area contributed by atoms with E-state index in [1.54, 1.807) is 60.7 Å². The number of carbonyl (C=O) groups is 2. The molecule has 0 spiro atoms. The van der Waals surface area contributed by atoms with Gasteiger partial charge in [-0.25, -0.2) is 10.2 Å². The number of benzene rings is 3. The zero-order chi connectivity index (χ0) is 23.8. The summed E-state index contributed by atoms with van der Waals surface area (Å²) < 4.78 is 17.0. The maximum atomic E-state index is 12.5. The molecule has 3 rings (SSSR count). The van der Waals surface area contributed by atoms with Crippen LogP contribution in [0.25, 0.3) is 0 Å². The first kappa shape index (κ1) is 24.3. The monoisotopic (exact) mass is 530 g/mol. The summed E-state index contributed by atoms with van der Waals surface area (Å²) in [7, 11) is 1.46. The van der Waals surface area contributed by atoms with E-state index in [4.69, 9.17) is 25.8 Å². The number of rotatable bonds is 8. The SMILES string of the molecule is CCOc1ccc(Br)cc1C(=O)NN=Cc1ccc(OC(=O)c2ccc(Cl)cc2)c(OC)c1. The Balaban J connectivity index is 1.69. The van der Waals surface area contributed by atoms with Gasteiger partial charge >= 0.3 is 5.97 Å². The third kappa shape index (κ3) is 6.57. The predicted molar refractivity (Wildman–Crippen MR) is 130 cm³/mol. The lowest BCUT2D eigenvalue weighted by Crippen LogP contribution is -2.18. The van der Waals surface area contributed by atoms with Gasteiger partial charge in [0.2, 0.25) is 0 Å². The van der Waals surface area contributed by atoms with Crippen LogP contribution in [0.15, 0.2) is 70.2 Å². The first-order valence-electron chi connectivity index (χ1n) is 9.82. The van der Waals surface area contributed by atoms with Gasteiger partial charge in [-0.1, -0.05) is 27.5 Å². The van der Waals surface area contributed by atoms with Gasteiger partial charge in [0.1, 0.15) is 5.75 Å². The van der Waals surface area contributed by atoms with Crippen LogP contribution >= 0.6 is 27.5 Å². The molecule has 7 nitrogen and oxygen atoms in total. The Labute approximate surface area is 204 Å². The topological polar surface area (TPSA) is 86.2 Å². The fraction of sp³-hybridized carbons (Fsp3) is 0.125. The van der Waals surface area contributed by atoms with Crippen molar-refractivity contribution in [2.75, 3.05) is 13.7 Å². The molecule has 3 aromatic carbocycles. The third-order valence-electron chi connectivity index (χ3n) is 4.34. The van der Waals surface area contributed by atoms with Crippen LogP contribution in [-0.4, -0.2) is 31.8 Å². The minimum atomic E-state index is -0.544. The molecule has 3 aromatic rings. The van der Waals surface area contributed by atoms with Gasteiger partial charge in [0, 0.05) is 9.50 Å². The van der Waals surface area contributed by atoms with E-state index in [-0.39, 0.29) is 5.75 Å². The van der Waals surface area contributed by atoms with Gasteiger partial charge in [-0.15, -0.1) is 0 Å². The smallest absolute Gasteiger partial charge is 0.343 e. The average molecular weight is 532 g/mol. The zero-order valence-corrected chi connectivity index (χ0v) is 20.1. The summed E-state index contributed by atoms with van der Waals surface area (Å²) in [6.07, 6.45) is 1.45. The summed E-state index contributed by atoms with van der Waals surface area (Å²) in [5.74, 6) is 0.0727. The number of ether oxygens (including phenoxy) is 3. The van der Waals surface area contributed by atoms with Crippen molar-refractivity contribution in [3.63, 3.8) is 0 Å². The summed E-state index contributed by atoms with van der Waals surface area (Å²) in [5.41, 5.74) is 3.81. The Morgan fingerprint density at radius 3 is 2.45 bits per heavy atom. The second-order valence-electron chi connectivity index (χ2n) is 6.58. The van der Waals surface area contributed by atoms with E-state index < -0.39 is 11.9 Å². The van der Waals surface area contributed by atoms with E-state index in [1.165, 1.54) is 13.3 Å². The van der Waals surface area contributed by atoms with Crippen LogP contribution in [0.5, 0.6) is 17.2 Å². The summed E-state index contributed by atoms with van der Waals surface area (Å²) in [5, 5.41) is 4.52. The molecule has 170 valence electrons. The lowest BCUT2D eigenvalue weighted by molar-refractivity contribution is 0.0729.